The van der Waals surface area contributed by atoms with Gasteiger partial charge in [-0.15, -0.1) is 0 Å². The van der Waals surface area contributed by atoms with Gasteiger partial charge < -0.3 is 10.2 Å². The number of rotatable bonds is 2. The highest BCUT2D eigenvalue weighted by Crippen LogP contribution is 2.68. The third kappa shape index (κ3) is 2.56. The van der Waals surface area contributed by atoms with Crippen molar-refractivity contribution >= 4 is 5.78 Å². The van der Waals surface area contributed by atoms with E-state index in [1.54, 1.807) is 0 Å². The number of aliphatic hydroxyl groups excluding tert-OH is 1. The molecule has 8 atom stereocenters. The smallest absolute Gasteiger partial charge is 0.161 e. The van der Waals surface area contributed by atoms with Crippen molar-refractivity contribution in [1.29, 1.82) is 0 Å². The zero-order valence-electron chi connectivity index (χ0n) is 16.3. The van der Waals surface area contributed by atoms with E-state index in [9.17, 15) is 15.0 Å². The molecule has 3 heteroatoms. The predicted molar refractivity (Wildman–Crippen MR) is 97.9 cm³/mol. The van der Waals surface area contributed by atoms with Crippen LogP contribution < -0.4 is 0 Å². The number of carbonyl (C=O) groups is 1. The fourth-order valence-corrected chi connectivity index (χ4v) is 8.07. The molecule has 0 aromatic heterocycles. The molecule has 0 aliphatic heterocycles. The molecule has 25 heavy (non-hydrogen) atoms. The van der Waals surface area contributed by atoms with E-state index in [1.165, 1.54) is 25.7 Å². The molecule has 4 saturated carbocycles. The molecule has 3 nitrogen and oxygen atoms in total. The summed E-state index contributed by atoms with van der Waals surface area (Å²) in [7, 11) is 0. The van der Waals surface area contributed by atoms with E-state index >= 15 is 0 Å². The first-order valence-electron chi connectivity index (χ1n) is 10.6. The summed E-state index contributed by atoms with van der Waals surface area (Å²) in [5, 5.41) is 20.0. The molecule has 4 fully saturated rings. The lowest BCUT2D eigenvalue weighted by Crippen LogP contribution is -2.55. The third-order valence-electron chi connectivity index (χ3n) is 9.50. The maximum absolute atomic E-state index is 12.3. The molecule has 0 aromatic carbocycles. The molecule has 4 aliphatic carbocycles. The van der Waals surface area contributed by atoms with E-state index in [2.05, 4.69) is 13.8 Å². The number of aliphatic hydroxyl groups is 2. The van der Waals surface area contributed by atoms with Crippen molar-refractivity contribution in [2.75, 3.05) is 6.61 Å². The van der Waals surface area contributed by atoms with E-state index in [4.69, 9.17) is 0 Å². The molecule has 0 aromatic rings. The summed E-state index contributed by atoms with van der Waals surface area (Å²) in [6, 6.07) is 0. The van der Waals surface area contributed by atoms with Crippen LogP contribution in [0.3, 0.4) is 0 Å². The number of fused-ring (bicyclic) bond motifs is 5. The van der Waals surface area contributed by atoms with Gasteiger partial charge in [-0.25, -0.2) is 0 Å². The minimum Gasteiger partial charge on any atom is -0.390 e. The Morgan fingerprint density at radius 3 is 2.36 bits per heavy atom. The Balaban J connectivity index is 1.59. The Bertz CT molecular complexity index is 555. The summed E-state index contributed by atoms with van der Waals surface area (Å²) in [6.45, 7) is 6.60. The maximum Gasteiger partial charge on any atom is 0.161 e. The van der Waals surface area contributed by atoms with E-state index in [-0.39, 0.29) is 23.7 Å². The van der Waals surface area contributed by atoms with Gasteiger partial charge in [0.2, 0.25) is 0 Å². The van der Waals surface area contributed by atoms with Crippen molar-refractivity contribution in [3.8, 4) is 0 Å². The van der Waals surface area contributed by atoms with Crippen LogP contribution in [0.25, 0.3) is 0 Å². The van der Waals surface area contributed by atoms with Crippen molar-refractivity contribution in [2.45, 2.75) is 84.2 Å². The lowest BCUT2D eigenvalue weighted by atomic mass is 9.44. The van der Waals surface area contributed by atoms with Gasteiger partial charge in [-0.1, -0.05) is 13.8 Å². The van der Waals surface area contributed by atoms with E-state index in [0.717, 1.165) is 43.9 Å². The monoisotopic (exact) mass is 348 g/mol. The van der Waals surface area contributed by atoms with Crippen molar-refractivity contribution in [3.63, 3.8) is 0 Å². The summed E-state index contributed by atoms with van der Waals surface area (Å²) in [6.07, 6.45) is 10.1. The Labute approximate surface area is 152 Å². The minimum absolute atomic E-state index is 0.0806. The first-order valence-corrected chi connectivity index (χ1v) is 10.6. The molecule has 4 aliphatic rings. The SMILES string of the molecule is C[C@@]1(O)CC[C@@]2(C)[C@H](CC[C@@H]3[C@@H]2CC[C@]2(C)[C@@H](C(=O)CO)CC[C@@H]32)C1. The molecule has 2 N–H and O–H groups in total. The molecule has 0 heterocycles. The van der Waals surface area contributed by atoms with Gasteiger partial charge in [-0.2, -0.15) is 0 Å². The molecule has 0 radical (unpaired) electrons. The number of carbonyl (C=O) groups excluding carboxylic acids is 1. The van der Waals surface area contributed by atoms with Gasteiger partial charge in [-0.05, 0) is 99.2 Å². The first kappa shape index (κ1) is 18.0. The largest absolute Gasteiger partial charge is 0.390 e. The zero-order valence-corrected chi connectivity index (χ0v) is 16.3. The van der Waals surface area contributed by atoms with Crippen LogP contribution >= 0.6 is 0 Å². The molecule has 0 spiro atoms. The molecular formula is C22H36O3. The molecule has 4 rings (SSSR count). The van der Waals surface area contributed by atoms with Crippen LogP contribution in [0.5, 0.6) is 0 Å². The summed E-state index contributed by atoms with van der Waals surface area (Å²) in [5.41, 5.74) is 0.0299. The Morgan fingerprint density at radius 1 is 0.920 bits per heavy atom. The zero-order chi connectivity index (χ0) is 18.0. The number of hydrogen-bond acceptors (Lipinski definition) is 3. The Morgan fingerprint density at radius 2 is 1.64 bits per heavy atom. The van der Waals surface area contributed by atoms with Gasteiger partial charge in [0, 0.05) is 5.92 Å². The van der Waals surface area contributed by atoms with Crippen LogP contribution in [-0.4, -0.2) is 28.2 Å². The average molecular weight is 349 g/mol. The van der Waals surface area contributed by atoms with Crippen LogP contribution in [0.2, 0.25) is 0 Å². The fraction of sp³-hybridized carbons (Fsp3) is 0.955. The van der Waals surface area contributed by atoms with Crippen molar-refractivity contribution in [1.82, 2.24) is 0 Å². The van der Waals surface area contributed by atoms with Crippen LogP contribution in [0.1, 0.15) is 78.6 Å². The average Bonchev–Trinajstić information content (AvgIpc) is 2.92. The van der Waals surface area contributed by atoms with Gasteiger partial charge in [0.1, 0.15) is 6.61 Å². The van der Waals surface area contributed by atoms with Crippen LogP contribution in [0.15, 0.2) is 0 Å². The topological polar surface area (TPSA) is 57.5 Å². The Hall–Kier alpha value is -0.410. The highest BCUT2D eigenvalue weighted by atomic mass is 16.3. The van der Waals surface area contributed by atoms with Crippen LogP contribution in [0, 0.1) is 40.4 Å². The second kappa shape index (κ2) is 5.79. The lowest BCUT2D eigenvalue weighted by molar-refractivity contribution is -0.151. The fourth-order valence-electron chi connectivity index (χ4n) is 8.07. The number of ketones is 1. The number of Topliss-reactive ketones (excluding diaryl/α,β-unsaturated/α-hetero) is 1. The van der Waals surface area contributed by atoms with E-state index < -0.39 is 5.60 Å². The highest BCUT2D eigenvalue weighted by molar-refractivity contribution is 5.83. The predicted octanol–water partition coefficient (Wildman–Crippen LogP) is 3.96. The van der Waals surface area contributed by atoms with Gasteiger partial charge >= 0.3 is 0 Å². The maximum atomic E-state index is 12.3. The number of hydrogen-bond donors (Lipinski definition) is 2. The molecular weight excluding hydrogens is 312 g/mol. The standard InChI is InChI=1S/C22H36O3/c1-20(25)10-11-21(2)14(12-20)4-5-15-16-6-7-18(19(24)13-23)22(16,3)9-8-17(15)21/h14-18,23,25H,4-13H2,1-3H3/t14-,15+,16+,17+,18-,20-,21+,22+/m1/s1. The highest BCUT2D eigenvalue weighted by Gasteiger charge is 2.61. The third-order valence-corrected chi connectivity index (χ3v) is 9.50. The second-order valence-corrected chi connectivity index (χ2v) is 10.7. The van der Waals surface area contributed by atoms with Crippen LogP contribution in [-0.2, 0) is 4.79 Å². The summed E-state index contributed by atoms with van der Waals surface area (Å²) < 4.78 is 0. The second-order valence-electron chi connectivity index (χ2n) is 10.7. The van der Waals surface area contributed by atoms with Gasteiger partial charge in [0.15, 0.2) is 5.78 Å². The Kier molecular flexibility index (Phi) is 4.16. The first-order chi connectivity index (χ1) is 11.7. The molecule has 0 amide bonds. The molecule has 0 saturated heterocycles. The van der Waals surface area contributed by atoms with Gasteiger partial charge in [0.25, 0.3) is 0 Å². The van der Waals surface area contributed by atoms with Gasteiger partial charge in [0.05, 0.1) is 5.60 Å². The van der Waals surface area contributed by atoms with E-state index in [0.29, 0.717) is 17.3 Å². The summed E-state index contributed by atoms with van der Waals surface area (Å²) in [4.78, 5) is 12.3. The lowest BCUT2D eigenvalue weighted by Gasteiger charge is -2.61. The van der Waals surface area contributed by atoms with E-state index in [1.807, 2.05) is 6.92 Å². The summed E-state index contributed by atoms with van der Waals surface area (Å²) >= 11 is 0. The normalized spacial score (nSPS) is 55.2. The van der Waals surface area contributed by atoms with Gasteiger partial charge in [-0.3, -0.25) is 4.79 Å². The molecule has 0 bridgehead atoms. The summed E-state index contributed by atoms with van der Waals surface area (Å²) in [5.74, 6) is 3.01. The molecule has 142 valence electrons. The quantitative estimate of drug-likeness (QED) is 0.794. The van der Waals surface area contributed by atoms with Crippen molar-refractivity contribution < 1.29 is 15.0 Å². The molecule has 0 unspecified atom stereocenters. The van der Waals surface area contributed by atoms with Crippen molar-refractivity contribution in [2.24, 2.45) is 40.4 Å². The minimum atomic E-state index is -0.466. The van der Waals surface area contributed by atoms with Crippen LogP contribution in [0.4, 0.5) is 0 Å². The van der Waals surface area contributed by atoms with Crippen molar-refractivity contribution in [3.05, 3.63) is 0 Å².